The van der Waals surface area contributed by atoms with Crippen LogP contribution in [0.3, 0.4) is 0 Å². The summed E-state index contributed by atoms with van der Waals surface area (Å²) in [6.07, 6.45) is 1.81. The Bertz CT molecular complexity index is 1150. The van der Waals surface area contributed by atoms with Gasteiger partial charge in [0.25, 0.3) is 0 Å². The Morgan fingerprint density at radius 1 is 1.15 bits per heavy atom. The van der Waals surface area contributed by atoms with E-state index in [1.165, 1.54) is 23.3 Å². The van der Waals surface area contributed by atoms with Gasteiger partial charge in [-0.25, -0.2) is 4.98 Å². The van der Waals surface area contributed by atoms with E-state index in [2.05, 4.69) is 4.90 Å². The fraction of sp³-hybridized carbons (Fsp3) is 0.304. The number of benzene rings is 2. The highest BCUT2D eigenvalue weighted by atomic mass is 35.5. The van der Waals surface area contributed by atoms with Crippen LogP contribution in [-0.4, -0.2) is 39.2 Å². The Balaban J connectivity index is 1.37. The van der Waals surface area contributed by atoms with Gasteiger partial charge in [-0.1, -0.05) is 46.9 Å². The van der Waals surface area contributed by atoms with Gasteiger partial charge in [0.1, 0.15) is 0 Å². The number of hydrogen-bond donors (Lipinski definition) is 1. The van der Waals surface area contributed by atoms with Gasteiger partial charge in [-0.05, 0) is 42.7 Å². The summed E-state index contributed by atoms with van der Waals surface area (Å²) in [5.41, 5.74) is 9.32. The number of anilines is 1. The standard InChI is InChI=1S/C23H23Cl3N4OS2/c1-14(31)30(33-23-28-22(13-32-23)16-3-5-19(25)21(27)11-16)17-6-8-29(9-7-17)12-15-2-4-18(24)20(26)10-15/h2-5,10-11,13,17H,6-9,12,27H2,1H3. The second kappa shape index (κ2) is 10.8. The van der Waals surface area contributed by atoms with Gasteiger partial charge in [-0.15, -0.1) is 11.3 Å². The van der Waals surface area contributed by atoms with E-state index in [4.69, 9.17) is 45.5 Å². The molecule has 0 aliphatic carbocycles. The zero-order valence-corrected chi connectivity index (χ0v) is 21.8. The summed E-state index contributed by atoms with van der Waals surface area (Å²) in [6.45, 7) is 4.24. The van der Waals surface area contributed by atoms with Crippen LogP contribution in [0.1, 0.15) is 25.3 Å². The largest absolute Gasteiger partial charge is 0.398 e. The molecule has 5 nitrogen and oxygen atoms in total. The number of carbonyl (C=O) groups excluding carboxylic acids is 1. The topological polar surface area (TPSA) is 62.5 Å². The minimum absolute atomic E-state index is 0.0374. The molecule has 174 valence electrons. The Labute approximate surface area is 217 Å². The van der Waals surface area contributed by atoms with Crippen molar-refractivity contribution in [2.75, 3.05) is 18.8 Å². The molecule has 2 N–H and O–H groups in total. The van der Waals surface area contributed by atoms with Crippen LogP contribution >= 0.6 is 58.1 Å². The van der Waals surface area contributed by atoms with Gasteiger partial charge in [0.2, 0.25) is 5.91 Å². The lowest BCUT2D eigenvalue weighted by molar-refractivity contribution is -0.125. The molecule has 2 heterocycles. The molecule has 3 aromatic rings. The minimum atomic E-state index is 0.0374. The molecule has 0 spiro atoms. The van der Waals surface area contributed by atoms with E-state index in [1.807, 2.05) is 40.0 Å². The minimum Gasteiger partial charge on any atom is -0.398 e. The van der Waals surface area contributed by atoms with Crippen LogP contribution in [0.5, 0.6) is 0 Å². The van der Waals surface area contributed by atoms with E-state index in [0.717, 1.165) is 53.6 Å². The average Bonchev–Trinajstić information content (AvgIpc) is 3.26. The van der Waals surface area contributed by atoms with Crippen LogP contribution < -0.4 is 5.73 Å². The molecule has 0 unspecified atom stereocenters. The molecule has 0 bridgehead atoms. The first kappa shape index (κ1) is 24.6. The number of thiazole rings is 1. The Morgan fingerprint density at radius 3 is 2.55 bits per heavy atom. The number of nitrogens with zero attached hydrogens (tertiary/aromatic N) is 3. The molecule has 1 aliphatic rings. The second-order valence-corrected chi connectivity index (χ2v) is 11.2. The van der Waals surface area contributed by atoms with E-state index < -0.39 is 0 Å². The Hall–Kier alpha value is -1.48. The average molecular weight is 542 g/mol. The maximum Gasteiger partial charge on any atom is 0.229 e. The Morgan fingerprint density at radius 2 is 1.88 bits per heavy atom. The fourth-order valence-electron chi connectivity index (χ4n) is 3.82. The van der Waals surface area contributed by atoms with Crippen molar-refractivity contribution in [1.29, 1.82) is 0 Å². The van der Waals surface area contributed by atoms with E-state index in [9.17, 15) is 4.79 Å². The number of nitrogen functional groups attached to an aromatic ring is 1. The lowest BCUT2D eigenvalue weighted by atomic mass is 10.0. The van der Waals surface area contributed by atoms with Crippen LogP contribution in [0.15, 0.2) is 46.1 Å². The van der Waals surface area contributed by atoms with Gasteiger partial charge in [-0.3, -0.25) is 14.0 Å². The van der Waals surface area contributed by atoms with Crippen molar-refractivity contribution >= 4 is 69.7 Å². The van der Waals surface area contributed by atoms with E-state index in [0.29, 0.717) is 20.8 Å². The molecule has 0 atom stereocenters. The third-order valence-corrected chi connectivity index (χ3v) is 8.77. The number of rotatable bonds is 6. The summed E-state index contributed by atoms with van der Waals surface area (Å²) < 4.78 is 2.70. The highest BCUT2D eigenvalue weighted by Crippen LogP contribution is 2.35. The van der Waals surface area contributed by atoms with Crippen molar-refractivity contribution in [2.24, 2.45) is 0 Å². The SMILES string of the molecule is CC(=O)N(Sc1nc(-c2ccc(Cl)c(N)c2)cs1)C1CCN(Cc2ccc(Cl)c(Cl)c2)CC1. The third-order valence-electron chi connectivity index (χ3n) is 5.54. The Kier molecular flexibility index (Phi) is 8.10. The van der Waals surface area contributed by atoms with Crippen molar-refractivity contribution in [3.8, 4) is 11.3 Å². The van der Waals surface area contributed by atoms with E-state index >= 15 is 0 Å². The molecule has 10 heteroatoms. The normalized spacial score (nSPS) is 15.0. The van der Waals surface area contributed by atoms with Gasteiger partial charge >= 0.3 is 0 Å². The first-order valence-electron chi connectivity index (χ1n) is 10.4. The quantitative estimate of drug-likeness (QED) is 0.272. The summed E-state index contributed by atoms with van der Waals surface area (Å²) in [7, 11) is 0. The lowest BCUT2D eigenvalue weighted by Crippen LogP contribution is -2.43. The number of aromatic nitrogens is 1. The molecule has 1 fully saturated rings. The van der Waals surface area contributed by atoms with Crippen LogP contribution in [0.4, 0.5) is 5.69 Å². The molecule has 2 aromatic carbocycles. The van der Waals surface area contributed by atoms with E-state index in [-0.39, 0.29) is 11.9 Å². The van der Waals surface area contributed by atoms with Crippen molar-refractivity contribution in [3.63, 3.8) is 0 Å². The van der Waals surface area contributed by atoms with Gasteiger partial charge in [-0.2, -0.15) is 0 Å². The monoisotopic (exact) mass is 540 g/mol. The van der Waals surface area contributed by atoms with Crippen molar-refractivity contribution in [2.45, 2.75) is 36.7 Å². The summed E-state index contributed by atoms with van der Waals surface area (Å²) in [5.74, 6) is 0.0374. The predicted molar refractivity (Wildman–Crippen MR) is 140 cm³/mol. The highest BCUT2D eigenvalue weighted by molar-refractivity contribution is 7.99. The van der Waals surface area contributed by atoms with Crippen LogP contribution in [0.2, 0.25) is 15.1 Å². The molecular weight excluding hydrogens is 519 g/mol. The number of carbonyl (C=O) groups is 1. The van der Waals surface area contributed by atoms with Crippen molar-refractivity contribution in [1.82, 2.24) is 14.2 Å². The van der Waals surface area contributed by atoms with Crippen LogP contribution in [0, 0.1) is 0 Å². The molecule has 4 rings (SSSR count). The smallest absolute Gasteiger partial charge is 0.229 e. The molecule has 0 radical (unpaired) electrons. The number of halogens is 3. The number of nitrogens with two attached hydrogens (primary N) is 1. The van der Waals surface area contributed by atoms with Crippen LogP contribution in [-0.2, 0) is 11.3 Å². The summed E-state index contributed by atoms with van der Waals surface area (Å²) in [4.78, 5) is 19.5. The molecular formula is C23H23Cl3N4OS2. The molecule has 1 aromatic heterocycles. The molecule has 1 aliphatic heterocycles. The molecule has 33 heavy (non-hydrogen) atoms. The lowest BCUT2D eigenvalue weighted by Gasteiger charge is -2.37. The molecule has 1 saturated heterocycles. The van der Waals surface area contributed by atoms with Gasteiger partial charge in [0.15, 0.2) is 4.34 Å². The third kappa shape index (κ3) is 6.15. The first-order valence-corrected chi connectivity index (χ1v) is 13.2. The maximum absolute atomic E-state index is 12.5. The second-order valence-electron chi connectivity index (χ2n) is 7.93. The first-order chi connectivity index (χ1) is 15.8. The van der Waals surface area contributed by atoms with Crippen molar-refractivity contribution in [3.05, 3.63) is 62.4 Å². The number of hydrogen-bond acceptors (Lipinski definition) is 6. The number of piperidine rings is 1. The summed E-state index contributed by atoms with van der Waals surface area (Å²) in [6, 6.07) is 11.4. The number of likely N-dealkylation sites (tertiary alicyclic amines) is 1. The van der Waals surface area contributed by atoms with Gasteiger partial charge < -0.3 is 5.73 Å². The molecule has 0 saturated carbocycles. The fourth-order valence-corrected chi connectivity index (χ4v) is 6.17. The summed E-state index contributed by atoms with van der Waals surface area (Å²) in [5, 5.41) is 3.64. The summed E-state index contributed by atoms with van der Waals surface area (Å²) >= 11 is 21.1. The highest BCUT2D eigenvalue weighted by Gasteiger charge is 2.28. The van der Waals surface area contributed by atoms with Gasteiger partial charge in [0, 0.05) is 55.5 Å². The predicted octanol–water partition coefficient (Wildman–Crippen LogP) is 6.87. The van der Waals surface area contributed by atoms with Crippen molar-refractivity contribution < 1.29 is 4.79 Å². The zero-order chi connectivity index (χ0) is 23.5. The zero-order valence-electron chi connectivity index (χ0n) is 17.9. The van der Waals surface area contributed by atoms with Gasteiger partial charge in [0.05, 0.1) is 26.4 Å². The molecule has 1 amide bonds. The van der Waals surface area contributed by atoms with E-state index in [1.54, 1.807) is 13.0 Å². The maximum atomic E-state index is 12.5. The van der Waals surface area contributed by atoms with Crippen LogP contribution in [0.25, 0.3) is 11.3 Å². The number of amides is 1.